The Kier molecular flexibility index (Phi) is 3.71. The van der Waals surface area contributed by atoms with Gasteiger partial charge in [-0.05, 0) is 36.8 Å². The first-order chi connectivity index (χ1) is 8.57. The largest absolute Gasteiger partial charge is 0.368 e. The first kappa shape index (κ1) is 13.1. The zero-order chi connectivity index (χ0) is 13.2. The summed E-state index contributed by atoms with van der Waals surface area (Å²) in [7, 11) is 0. The predicted octanol–water partition coefficient (Wildman–Crippen LogP) is 2.02. The Bertz CT molecular complexity index is 412. The second-order valence-corrected chi connectivity index (χ2v) is 5.52. The molecular weight excluding hydrogens is 224 g/mol. The van der Waals surface area contributed by atoms with Gasteiger partial charge in [0, 0.05) is 0 Å². The molecule has 3 N–H and O–H groups in total. The number of hydrogen-bond donors (Lipinski definition) is 2. The van der Waals surface area contributed by atoms with Crippen LogP contribution in [0.5, 0.6) is 0 Å². The maximum Gasteiger partial charge on any atom is 0.242 e. The lowest BCUT2D eigenvalue weighted by Gasteiger charge is -2.36. The number of nitrogens with one attached hydrogen (secondary N) is 1. The zero-order valence-electron chi connectivity index (χ0n) is 11.1. The molecule has 0 aliphatic heterocycles. The second-order valence-electron chi connectivity index (χ2n) is 5.52. The third-order valence-corrected chi connectivity index (χ3v) is 3.85. The second kappa shape index (κ2) is 5.11. The van der Waals surface area contributed by atoms with Crippen molar-refractivity contribution in [1.29, 1.82) is 0 Å². The summed E-state index contributed by atoms with van der Waals surface area (Å²) in [6.45, 7) is 4.95. The van der Waals surface area contributed by atoms with Crippen molar-refractivity contribution in [3.8, 4) is 0 Å². The minimum atomic E-state index is -0.746. The average molecular weight is 246 g/mol. The molecule has 0 saturated heterocycles. The summed E-state index contributed by atoms with van der Waals surface area (Å²) in [6.07, 6.45) is 2.52. The van der Waals surface area contributed by atoms with Gasteiger partial charge in [0.05, 0.1) is 0 Å². The number of amides is 1. The van der Waals surface area contributed by atoms with Gasteiger partial charge < -0.3 is 5.73 Å². The van der Waals surface area contributed by atoms with E-state index in [0.717, 1.165) is 12.1 Å². The van der Waals surface area contributed by atoms with Gasteiger partial charge in [-0.25, -0.2) is 0 Å². The van der Waals surface area contributed by atoms with E-state index >= 15 is 0 Å². The third kappa shape index (κ3) is 2.41. The summed E-state index contributed by atoms with van der Waals surface area (Å²) in [4.78, 5) is 12.1. The molecule has 1 aromatic rings. The normalized spacial score (nSPS) is 18.6. The molecule has 1 fully saturated rings. The molecule has 0 radical (unpaired) electrons. The number of rotatable bonds is 6. The quantitative estimate of drug-likeness (QED) is 0.807. The monoisotopic (exact) mass is 246 g/mol. The molecule has 0 heterocycles. The first-order valence-corrected chi connectivity index (χ1v) is 6.68. The number of carbonyl (C=O) groups excluding carboxylic acids is 1. The van der Waals surface area contributed by atoms with E-state index in [9.17, 15) is 4.79 Å². The van der Waals surface area contributed by atoms with Gasteiger partial charge >= 0.3 is 0 Å². The lowest BCUT2D eigenvalue weighted by molar-refractivity contribution is -0.126. The molecule has 3 nitrogen and oxygen atoms in total. The van der Waals surface area contributed by atoms with Gasteiger partial charge in [0.25, 0.3) is 0 Å². The number of carbonyl (C=O) groups is 1. The highest BCUT2D eigenvalue weighted by atomic mass is 16.1. The fourth-order valence-corrected chi connectivity index (χ4v) is 2.48. The molecule has 3 heteroatoms. The van der Waals surface area contributed by atoms with E-state index in [4.69, 9.17) is 5.73 Å². The average Bonchev–Trinajstić information content (AvgIpc) is 3.14. The van der Waals surface area contributed by atoms with Crippen LogP contribution in [0.1, 0.15) is 32.3 Å². The van der Waals surface area contributed by atoms with Gasteiger partial charge in [-0.15, -0.1) is 0 Å². The van der Waals surface area contributed by atoms with Crippen LogP contribution < -0.4 is 11.1 Å². The summed E-state index contributed by atoms with van der Waals surface area (Å²) in [5, 5.41) is 3.44. The Balaban J connectivity index is 2.32. The minimum Gasteiger partial charge on any atom is -0.368 e. The van der Waals surface area contributed by atoms with Crippen LogP contribution in [0, 0.1) is 11.8 Å². The molecule has 18 heavy (non-hydrogen) atoms. The van der Waals surface area contributed by atoms with Crippen molar-refractivity contribution in [2.75, 3.05) is 6.54 Å². The van der Waals surface area contributed by atoms with E-state index in [2.05, 4.69) is 5.32 Å². The van der Waals surface area contributed by atoms with Crippen LogP contribution in [-0.4, -0.2) is 12.5 Å². The molecule has 1 unspecified atom stereocenters. The molecule has 1 aliphatic carbocycles. The van der Waals surface area contributed by atoms with E-state index in [-0.39, 0.29) is 11.8 Å². The molecule has 98 valence electrons. The standard InChI is InChI=1S/C15H22N2O/c1-11(2)15(14(16)18,17-10-12-8-9-12)13-6-4-3-5-7-13/h3-7,11-12,17H,8-10H2,1-2H3,(H2,16,18). The minimum absolute atomic E-state index is 0.121. The van der Waals surface area contributed by atoms with Crippen LogP contribution in [0.15, 0.2) is 30.3 Å². The Morgan fingerprint density at radius 3 is 2.44 bits per heavy atom. The van der Waals surface area contributed by atoms with Gasteiger partial charge in [-0.2, -0.15) is 0 Å². The van der Waals surface area contributed by atoms with Gasteiger partial charge in [0.2, 0.25) is 5.91 Å². The van der Waals surface area contributed by atoms with E-state index in [1.165, 1.54) is 12.8 Å². The van der Waals surface area contributed by atoms with Crippen LogP contribution >= 0.6 is 0 Å². The Morgan fingerprint density at radius 1 is 1.39 bits per heavy atom. The highest BCUT2D eigenvalue weighted by Gasteiger charge is 2.42. The van der Waals surface area contributed by atoms with Crippen molar-refractivity contribution < 1.29 is 4.79 Å². The van der Waals surface area contributed by atoms with E-state index < -0.39 is 5.54 Å². The van der Waals surface area contributed by atoms with E-state index in [0.29, 0.717) is 5.92 Å². The molecule has 1 atom stereocenters. The molecule has 0 aromatic heterocycles. The summed E-state index contributed by atoms with van der Waals surface area (Å²) in [6, 6.07) is 9.81. The maximum atomic E-state index is 12.1. The van der Waals surface area contributed by atoms with Crippen molar-refractivity contribution in [1.82, 2.24) is 5.32 Å². The highest BCUT2D eigenvalue weighted by molar-refractivity contribution is 5.86. The zero-order valence-corrected chi connectivity index (χ0v) is 11.1. The Labute approximate surface area is 109 Å². The van der Waals surface area contributed by atoms with Crippen LogP contribution in [0.25, 0.3) is 0 Å². The summed E-state index contributed by atoms with van der Waals surface area (Å²) in [5.41, 5.74) is 5.93. The van der Waals surface area contributed by atoms with Crippen molar-refractivity contribution in [2.24, 2.45) is 17.6 Å². The Morgan fingerprint density at radius 2 is 2.00 bits per heavy atom. The van der Waals surface area contributed by atoms with Gasteiger partial charge in [0.15, 0.2) is 0 Å². The van der Waals surface area contributed by atoms with Crippen LogP contribution in [0.3, 0.4) is 0 Å². The maximum absolute atomic E-state index is 12.1. The van der Waals surface area contributed by atoms with E-state index in [1.54, 1.807) is 0 Å². The predicted molar refractivity (Wildman–Crippen MR) is 72.9 cm³/mol. The lowest BCUT2D eigenvalue weighted by Crippen LogP contribution is -2.56. The molecule has 2 rings (SSSR count). The summed E-state index contributed by atoms with van der Waals surface area (Å²) < 4.78 is 0. The number of nitrogens with two attached hydrogens (primary N) is 1. The first-order valence-electron chi connectivity index (χ1n) is 6.68. The number of hydrogen-bond acceptors (Lipinski definition) is 2. The van der Waals surface area contributed by atoms with Crippen LogP contribution in [0.2, 0.25) is 0 Å². The fraction of sp³-hybridized carbons (Fsp3) is 0.533. The van der Waals surface area contributed by atoms with Crippen molar-refractivity contribution in [2.45, 2.75) is 32.2 Å². The number of primary amides is 1. The van der Waals surface area contributed by atoms with Gasteiger partial charge in [0.1, 0.15) is 5.54 Å². The molecule has 1 aromatic carbocycles. The van der Waals surface area contributed by atoms with Gasteiger partial charge in [-0.3, -0.25) is 10.1 Å². The molecule has 0 spiro atoms. The number of benzene rings is 1. The SMILES string of the molecule is CC(C)C(NCC1CC1)(C(N)=O)c1ccccc1. The molecule has 1 saturated carbocycles. The highest BCUT2D eigenvalue weighted by Crippen LogP contribution is 2.33. The molecule has 0 bridgehead atoms. The van der Waals surface area contributed by atoms with Crippen molar-refractivity contribution in [3.63, 3.8) is 0 Å². The molecular formula is C15H22N2O. The smallest absolute Gasteiger partial charge is 0.242 e. The fourth-order valence-electron chi connectivity index (χ4n) is 2.48. The van der Waals surface area contributed by atoms with Crippen LogP contribution in [0.4, 0.5) is 0 Å². The topological polar surface area (TPSA) is 55.1 Å². The van der Waals surface area contributed by atoms with Crippen molar-refractivity contribution in [3.05, 3.63) is 35.9 Å². The Hall–Kier alpha value is -1.35. The summed E-state index contributed by atoms with van der Waals surface area (Å²) in [5.74, 6) is 0.548. The third-order valence-electron chi connectivity index (χ3n) is 3.85. The molecule has 1 amide bonds. The van der Waals surface area contributed by atoms with Gasteiger partial charge in [-0.1, -0.05) is 44.2 Å². The van der Waals surface area contributed by atoms with Crippen molar-refractivity contribution >= 4 is 5.91 Å². The van der Waals surface area contributed by atoms with Crippen LogP contribution in [-0.2, 0) is 10.3 Å². The van der Waals surface area contributed by atoms with E-state index in [1.807, 2.05) is 44.2 Å². The lowest BCUT2D eigenvalue weighted by atomic mass is 9.79. The summed E-state index contributed by atoms with van der Waals surface area (Å²) >= 11 is 0. The molecule has 1 aliphatic rings.